The van der Waals surface area contributed by atoms with E-state index in [4.69, 9.17) is 4.74 Å². The van der Waals surface area contributed by atoms with Crippen molar-refractivity contribution in [2.75, 3.05) is 6.61 Å². The van der Waals surface area contributed by atoms with Crippen molar-refractivity contribution in [3.8, 4) is 0 Å². The predicted molar refractivity (Wildman–Crippen MR) is 70.2 cm³/mol. The number of carbonyl (C=O) groups is 1. The minimum Gasteiger partial charge on any atom is -0.466 e. The zero-order chi connectivity index (χ0) is 12.2. The number of rotatable bonds is 4. The number of esters is 1. The third-order valence-corrected chi connectivity index (χ3v) is 4.82. The van der Waals surface area contributed by atoms with E-state index in [-0.39, 0.29) is 11.9 Å². The van der Waals surface area contributed by atoms with E-state index in [9.17, 15) is 4.79 Å². The van der Waals surface area contributed by atoms with Crippen molar-refractivity contribution >= 4 is 14.0 Å². The summed E-state index contributed by atoms with van der Waals surface area (Å²) in [4.78, 5) is 11.8. The van der Waals surface area contributed by atoms with Crippen LogP contribution in [0.25, 0.3) is 0 Å². The van der Waals surface area contributed by atoms with Gasteiger partial charge < -0.3 is 4.74 Å². The van der Waals surface area contributed by atoms with Crippen LogP contribution in [-0.2, 0) is 9.53 Å². The third kappa shape index (κ3) is 4.52. The summed E-state index contributed by atoms with van der Waals surface area (Å²) in [5.41, 5.74) is 1.07. The van der Waals surface area contributed by atoms with Crippen molar-refractivity contribution in [1.29, 1.82) is 0 Å². The number of carbonyl (C=O) groups excluding carboxylic acids is 1. The second-order valence-corrected chi connectivity index (χ2v) is 11.6. The molecule has 1 unspecified atom stereocenters. The quantitative estimate of drug-likeness (QED) is 0.426. The molecular weight excluding hydrogens is 216 g/mol. The summed E-state index contributed by atoms with van der Waals surface area (Å²) >= 11 is 0. The van der Waals surface area contributed by atoms with Gasteiger partial charge in [-0.3, -0.25) is 4.79 Å². The zero-order valence-electron chi connectivity index (χ0n) is 10.8. The average molecular weight is 240 g/mol. The lowest BCUT2D eigenvalue weighted by molar-refractivity contribution is -0.147. The summed E-state index contributed by atoms with van der Waals surface area (Å²) in [5, 5.41) is 0. The number of ether oxygens (including phenoxy) is 1. The van der Waals surface area contributed by atoms with E-state index in [1.54, 1.807) is 0 Å². The van der Waals surface area contributed by atoms with Crippen LogP contribution in [0.2, 0.25) is 25.7 Å². The van der Waals surface area contributed by atoms with Crippen LogP contribution in [0.1, 0.15) is 25.7 Å². The minimum atomic E-state index is -1.09. The molecule has 1 rings (SSSR count). The molecular formula is C13H24O2Si. The second kappa shape index (κ2) is 5.67. The fourth-order valence-electron chi connectivity index (χ4n) is 1.92. The number of hydrogen-bond acceptors (Lipinski definition) is 2. The van der Waals surface area contributed by atoms with Gasteiger partial charge in [-0.15, -0.1) is 0 Å². The molecule has 1 atom stereocenters. The molecule has 0 amide bonds. The van der Waals surface area contributed by atoms with Gasteiger partial charge in [0.1, 0.15) is 0 Å². The molecule has 0 spiro atoms. The van der Waals surface area contributed by atoms with Crippen LogP contribution in [0.4, 0.5) is 0 Å². The Labute approximate surface area is 100 Å². The predicted octanol–water partition coefficient (Wildman–Crippen LogP) is 3.61. The molecule has 0 N–H and O–H groups in total. The van der Waals surface area contributed by atoms with Gasteiger partial charge in [0.25, 0.3) is 0 Å². The average Bonchev–Trinajstić information content (AvgIpc) is 2.16. The Morgan fingerprint density at radius 2 is 2.12 bits per heavy atom. The van der Waals surface area contributed by atoms with Crippen LogP contribution in [0, 0.1) is 5.92 Å². The largest absolute Gasteiger partial charge is 0.466 e. The standard InChI is InChI=1S/C13H24O2Si/c1-11-7-5-6-8-12(11)13(14)15-9-10-16(2,3)4/h12H,1,5-10H2,2-4H3. The lowest BCUT2D eigenvalue weighted by atomic mass is 9.85. The van der Waals surface area contributed by atoms with E-state index >= 15 is 0 Å². The van der Waals surface area contributed by atoms with Gasteiger partial charge >= 0.3 is 5.97 Å². The minimum absolute atomic E-state index is 0.0182. The van der Waals surface area contributed by atoms with Crippen molar-refractivity contribution in [2.24, 2.45) is 5.92 Å². The Bertz CT molecular complexity index is 266. The van der Waals surface area contributed by atoms with Gasteiger partial charge in [-0.1, -0.05) is 38.2 Å². The van der Waals surface area contributed by atoms with Crippen LogP contribution in [0.3, 0.4) is 0 Å². The van der Waals surface area contributed by atoms with Crippen LogP contribution in [-0.4, -0.2) is 20.7 Å². The van der Waals surface area contributed by atoms with Crippen LogP contribution in [0.15, 0.2) is 12.2 Å². The molecule has 92 valence electrons. The Morgan fingerprint density at radius 3 is 2.69 bits per heavy atom. The van der Waals surface area contributed by atoms with Crippen molar-refractivity contribution in [3.63, 3.8) is 0 Å². The Hall–Kier alpha value is -0.573. The van der Waals surface area contributed by atoms with E-state index in [0.29, 0.717) is 6.61 Å². The normalized spacial score (nSPS) is 21.9. The monoisotopic (exact) mass is 240 g/mol. The molecule has 16 heavy (non-hydrogen) atoms. The molecule has 1 aliphatic carbocycles. The summed E-state index contributed by atoms with van der Waals surface area (Å²) in [6.07, 6.45) is 4.24. The van der Waals surface area contributed by atoms with E-state index in [0.717, 1.165) is 30.9 Å². The topological polar surface area (TPSA) is 26.3 Å². The van der Waals surface area contributed by atoms with Crippen molar-refractivity contribution in [2.45, 2.75) is 51.4 Å². The van der Waals surface area contributed by atoms with Gasteiger partial charge in [-0.25, -0.2) is 0 Å². The Balaban J connectivity index is 2.31. The Morgan fingerprint density at radius 1 is 1.44 bits per heavy atom. The van der Waals surface area contributed by atoms with E-state index in [2.05, 4.69) is 26.2 Å². The van der Waals surface area contributed by atoms with E-state index in [1.165, 1.54) is 6.42 Å². The maximum atomic E-state index is 11.8. The molecule has 0 aromatic heterocycles. The molecule has 0 bridgehead atoms. The molecule has 2 nitrogen and oxygen atoms in total. The highest BCUT2D eigenvalue weighted by Gasteiger charge is 2.26. The van der Waals surface area contributed by atoms with Gasteiger partial charge in [-0.2, -0.15) is 0 Å². The SMILES string of the molecule is C=C1CCCCC1C(=O)OCC[Si](C)(C)C. The first-order valence-corrected chi connectivity index (χ1v) is 9.95. The first kappa shape index (κ1) is 13.5. The second-order valence-electron chi connectivity index (χ2n) is 5.93. The maximum Gasteiger partial charge on any atom is 0.313 e. The van der Waals surface area contributed by atoms with Gasteiger partial charge in [-0.05, 0) is 25.3 Å². The summed E-state index contributed by atoms with van der Waals surface area (Å²) in [6, 6.07) is 1.05. The smallest absolute Gasteiger partial charge is 0.313 e. The summed E-state index contributed by atoms with van der Waals surface area (Å²) < 4.78 is 5.36. The molecule has 1 saturated carbocycles. The summed E-state index contributed by atoms with van der Waals surface area (Å²) in [7, 11) is -1.09. The first-order valence-electron chi connectivity index (χ1n) is 6.24. The molecule has 0 aliphatic heterocycles. The molecule has 0 aromatic rings. The lowest BCUT2D eigenvalue weighted by Gasteiger charge is -2.23. The molecule has 0 aromatic carbocycles. The van der Waals surface area contributed by atoms with E-state index < -0.39 is 8.07 Å². The Kier molecular flexibility index (Phi) is 4.78. The van der Waals surface area contributed by atoms with E-state index in [1.807, 2.05) is 0 Å². The van der Waals surface area contributed by atoms with Crippen LogP contribution < -0.4 is 0 Å². The highest BCUT2D eigenvalue weighted by molar-refractivity contribution is 6.76. The van der Waals surface area contributed by atoms with Gasteiger partial charge in [0, 0.05) is 8.07 Å². The van der Waals surface area contributed by atoms with Crippen LogP contribution >= 0.6 is 0 Å². The van der Waals surface area contributed by atoms with Crippen molar-refractivity contribution < 1.29 is 9.53 Å². The molecule has 0 saturated heterocycles. The summed E-state index contributed by atoms with van der Waals surface area (Å²) in [6.45, 7) is 11.5. The fraction of sp³-hybridized carbons (Fsp3) is 0.769. The maximum absolute atomic E-state index is 11.8. The number of hydrogen-bond donors (Lipinski definition) is 0. The van der Waals surface area contributed by atoms with Gasteiger partial charge in [0.2, 0.25) is 0 Å². The highest BCUT2D eigenvalue weighted by Crippen LogP contribution is 2.29. The summed E-state index contributed by atoms with van der Waals surface area (Å²) in [5.74, 6) is -0.0571. The molecule has 0 radical (unpaired) electrons. The molecule has 1 aliphatic rings. The highest BCUT2D eigenvalue weighted by atomic mass is 28.3. The zero-order valence-corrected chi connectivity index (χ0v) is 11.8. The fourth-order valence-corrected chi connectivity index (χ4v) is 2.64. The third-order valence-electron chi connectivity index (χ3n) is 3.11. The van der Waals surface area contributed by atoms with Gasteiger partial charge in [0.05, 0.1) is 12.5 Å². The van der Waals surface area contributed by atoms with Crippen molar-refractivity contribution in [3.05, 3.63) is 12.2 Å². The first-order chi connectivity index (χ1) is 7.40. The molecule has 1 fully saturated rings. The molecule has 3 heteroatoms. The van der Waals surface area contributed by atoms with Crippen LogP contribution in [0.5, 0.6) is 0 Å². The van der Waals surface area contributed by atoms with Crippen molar-refractivity contribution in [1.82, 2.24) is 0 Å². The molecule has 0 heterocycles. The van der Waals surface area contributed by atoms with Gasteiger partial charge in [0.15, 0.2) is 0 Å². The lowest BCUT2D eigenvalue weighted by Crippen LogP contribution is -2.26.